The van der Waals surface area contributed by atoms with Crippen LogP contribution in [0.5, 0.6) is 0 Å². The number of hydrogen-bond acceptors (Lipinski definition) is 4. The van der Waals surface area contributed by atoms with Crippen molar-refractivity contribution in [2.45, 2.75) is 76.4 Å². The SMILES string of the molecule is CC(C)=O.CCC(CCC(C)CCC(C=O)Sc1ccccc1)CC(=O)O. The summed E-state index contributed by atoms with van der Waals surface area (Å²) in [5, 5.41) is 8.89. The van der Waals surface area contributed by atoms with Gasteiger partial charge in [0.25, 0.3) is 0 Å². The number of carbonyl (C=O) groups is 3. The van der Waals surface area contributed by atoms with Gasteiger partial charge in [0.05, 0.1) is 5.25 Å². The second kappa shape index (κ2) is 15.4. The van der Waals surface area contributed by atoms with Crippen LogP contribution in [0.25, 0.3) is 0 Å². The largest absolute Gasteiger partial charge is 0.481 e. The molecular formula is C22H34O4S. The molecule has 1 aromatic rings. The second-order valence-corrected chi connectivity index (χ2v) is 8.46. The third kappa shape index (κ3) is 15.2. The summed E-state index contributed by atoms with van der Waals surface area (Å²) in [6.45, 7) is 7.31. The predicted octanol–water partition coefficient (Wildman–Crippen LogP) is 5.64. The standard InChI is InChI=1S/C19H28O3S.C3H6O/c1-3-16(13-19(21)22)11-9-15(2)10-12-18(14-20)23-17-7-5-4-6-8-17;1-3(2)4/h4-8,14-16,18H,3,9-13H2,1-2H3,(H,21,22);1-2H3. The summed E-state index contributed by atoms with van der Waals surface area (Å²) in [5.41, 5.74) is 0. The molecule has 0 bridgehead atoms. The van der Waals surface area contributed by atoms with E-state index in [2.05, 4.69) is 13.8 Å². The van der Waals surface area contributed by atoms with Crippen LogP contribution in [-0.4, -0.2) is 28.4 Å². The van der Waals surface area contributed by atoms with Gasteiger partial charge in [0, 0.05) is 11.3 Å². The average molecular weight is 395 g/mol. The summed E-state index contributed by atoms with van der Waals surface area (Å²) in [4.78, 5) is 32.6. The summed E-state index contributed by atoms with van der Waals surface area (Å²) < 4.78 is 0. The molecule has 0 amide bonds. The lowest BCUT2D eigenvalue weighted by Crippen LogP contribution is -2.10. The lowest BCUT2D eigenvalue weighted by Gasteiger charge is -2.17. The van der Waals surface area contributed by atoms with E-state index in [1.807, 2.05) is 30.3 Å². The van der Waals surface area contributed by atoms with E-state index in [1.165, 1.54) is 13.8 Å². The molecule has 0 radical (unpaired) electrons. The van der Waals surface area contributed by atoms with E-state index in [0.29, 0.717) is 5.92 Å². The highest BCUT2D eigenvalue weighted by atomic mass is 32.2. The number of carbonyl (C=O) groups excluding carboxylic acids is 2. The zero-order valence-electron chi connectivity index (χ0n) is 17.0. The molecule has 0 aliphatic rings. The zero-order chi connectivity index (χ0) is 20.7. The summed E-state index contributed by atoms with van der Waals surface area (Å²) in [6.07, 6.45) is 6.11. The van der Waals surface area contributed by atoms with Gasteiger partial charge in [0.15, 0.2) is 0 Å². The molecule has 0 aromatic heterocycles. The lowest BCUT2D eigenvalue weighted by molar-refractivity contribution is -0.138. The van der Waals surface area contributed by atoms with Gasteiger partial charge in [-0.2, -0.15) is 0 Å². The van der Waals surface area contributed by atoms with E-state index >= 15 is 0 Å². The highest BCUT2D eigenvalue weighted by Crippen LogP contribution is 2.28. The molecule has 0 fully saturated rings. The molecule has 0 spiro atoms. The van der Waals surface area contributed by atoms with Crippen LogP contribution in [-0.2, 0) is 14.4 Å². The minimum atomic E-state index is -0.704. The van der Waals surface area contributed by atoms with Crippen molar-refractivity contribution in [2.75, 3.05) is 0 Å². The van der Waals surface area contributed by atoms with E-state index in [9.17, 15) is 14.4 Å². The topological polar surface area (TPSA) is 71.4 Å². The number of Topliss-reactive ketones (excluding diaryl/α,β-unsaturated/α-hetero) is 1. The molecule has 1 rings (SSSR count). The molecule has 5 heteroatoms. The molecule has 0 saturated heterocycles. The Morgan fingerprint density at radius 2 is 1.63 bits per heavy atom. The fourth-order valence-corrected chi connectivity index (χ4v) is 3.61. The van der Waals surface area contributed by atoms with Crippen LogP contribution in [0, 0.1) is 11.8 Å². The summed E-state index contributed by atoms with van der Waals surface area (Å²) in [7, 11) is 0. The lowest BCUT2D eigenvalue weighted by atomic mass is 9.90. The van der Waals surface area contributed by atoms with E-state index in [-0.39, 0.29) is 23.4 Å². The van der Waals surface area contributed by atoms with Crippen LogP contribution in [0.4, 0.5) is 0 Å². The fraction of sp³-hybridized carbons (Fsp3) is 0.591. The molecule has 3 unspecified atom stereocenters. The normalized spacial score (nSPS) is 13.6. The number of ketones is 1. The zero-order valence-corrected chi connectivity index (χ0v) is 17.8. The highest BCUT2D eigenvalue weighted by Gasteiger charge is 2.15. The van der Waals surface area contributed by atoms with Crippen LogP contribution in [0.3, 0.4) is 0 Å². The molecule has 0 heterocycles. The summed E-state index contributed by atoms with van der Waals surface area (Å²) >= 11 is 1.62. The molecule has 0 aliphatic heterocycles. The molecule has 3 atom stereocenters. The van der Waals surface area contributed by atoms with E-state index in [1.54, 1.807) is 11.8 Å². The maximum Gasteiger partial charge on any atom is 0.303 e. The molecular weight excluding hydrogens is 360 g/mol. The quantitative estimate of drug-likeness (QED) is 0.367. The number of carboxylic acids is 1. The van der Waals surface area contributed by atoms with Crippen LogP contribution >= 0.6 is 11.8 Å². The average Bonchev–Trinajstić information content (AvgIpc) is 2.62. The van der Waals surface area contributed by atoms with Crippen LogP contribution in [0.1, 0.15) is 66.2 Å². The first-order valence-corrected chi connectivity index (χ1v) is 10.5. The first-order chi connectivity index (χ1) is 12.8. The van der Waals surface area contributed by atoms with Crippen molar-refractivity contribution >= 4 is 29.8 Å². The Morgan fingerprint density at radius 3 is 2.11 bits per heavy atom. The molecule has 0 aliphatic carbocycles. The van der Waals surface area contributed by atoms with Crippen molar-refractivity contribution in [1.82, 2.24) is 0 Å². The minimum Gasteiger partial charge on any atom is -0.481 e. The second-order valence-electron chi connectivity index (χ2n) is 7.15. The third-order valence-corrected chi connectivity index (χ3v) is 5.43. The van der Waals surface area contributed by atoms with Gasteiger partial charge in [-0.25, -0.2) is 0 Å². The summed E-state index contributed by atoms with van der Waals surface area (Å²) in [5.74, 6) is 0.261. The molecule has 4 nitrogen and oxygen atoms in total. The van der Waals surface area contributed by atoms with Crippen LogP contribution < -0.4 is 0 Å². The number of benzene rings is 1. The van der Waals surface area contributed by atoms with Gasteiger partial charge in [-0.1, -0.05) is 44.9 Å². The molecule has 152 valence electrons. The molecule has 0 saturated carbocycles. The number of aliphatic carboxylic acids is 1. The number of thioether (sulfide) groups is 1. The highest BCUT2D eigenvalue weighted by molar-refractivity contribution is 8.00. The number of carboxylic acid groups (broad SMARTS) is 1. The minimum absolute atomic E-state index is 0.000779. The van der Waals surface area contributed by atoms with Gasteiger partial charge >= 0.3 is 5.97 Å². The molecule has 1 N–H and O–H groups in total. The monoisotopic (exact) mass is 394 g/mol. The van der Waals surface area contributed by atoms with E-state index < -0.39 is 5.97 Å². The van der Waals surface area contributed by atoms with E-state index in [4.69, 9.17) is 5.11 Å². The van der Waals surface area contributed by atoms with Crippen molar-refractivity contribution in [2.24, 2.45) is 11.8 Å². The van der Waals surface area contributed by atoms with Crippen molar-refractivity contribution in [3.8, 4) is 0 Å². The number of rotatable bonds is 12. The molecule has 1 aromatic carbocycles. The predicted molar refractivity (Wildman–Crippen MR) is 112 cm³/mol. The Labute approximate surface area is 168 Å². The Bertz CT molecular complexity index is 541. The van der Waals surface area contributed by atoms with Crippen LogP contribution in [0.15, 0.2) is 35.2 Å². The Kier molecular flexibility index (Phi) is 14.5. The Morgan fingerprint density at radius 1 is 1.07 bits per heavy atom. The molecule has 27 heavy (non-hydrogen) atoms. The number of hydrogen-bond donors (Lipinski definition) is 1. The summed E-state index contributed by atoms with van der Waals surface area (Å²) in [6, 6.07) is 10.0. The van der Waals surface area contributed by atoms with Gasteiger partial charge in [0.1, 0.15) is 12.1 Å². The van der Waals surface area contributed by atoms with Gasteiger partial charge in [-0.15, -0.1) is 11.8 Å². The Balaban J connectivity index is 0.00000153. The number of aldehydes is 1. The van der Waals surface area contributed by atoms with Crippen molar-refractivity contribution in [1.29, 1.82) is 0 Å². The van der Waals surface area contributed by atoms with Crippen molar-refractivity contribution in [3.05, 3.63) is 30.3 Å². The first-order valence-electron chi connectivity index (χ1n) is 9.64. The van der Waals surface area contributed by atoms with Crippen LogP contribution in [0.2, 0.25) is 0 Å². The van der Waals surface area contributed by atoms with E-state index in [0.717, 1.165) is 43.3 Å². The van der Waals surface area contributed by atoms with Gasteiger partial charge in [-0.05, 0) is 57.1 Å². The van der Waals surface area contributed by atoms with Crippen molar-refractivity contribution < 1.29 is 19.5 Å². The Hall–Kier alpha value is -1.62. The van der Waals surface area contributed by atoms with Gasteiger partial charge in [-0.3, -0.25) is 4.79 Å². The van der Waals surface area contributed by atoms with Crippen molar-refractivity contribution in [3.63, 3.8) is 0 Å². The van der Waals surface area contributed by atoms with Gasteiger partial charge in [0.2, 0.25) is 0 Å². The third-order valence-electron chi connectivity index (χ3n) is 4.23. The maximum absolute atomic E-state index is 11.3. The fourth-order valence-electron chi connectivity index (χ4n) is 2.64. The maximum atomic E-state index is 11.3. The smallest absolute Gasteiger partial charge is 0.303 e. The van der Waals surface area contributed by atoms with Gasteiger partial charge < -0.3 is 14.7 Å². The first kappa shape index (κ1) is 25.4.